The summed E-state index contributed by atoms with van der Waals surface area (Å²) < 4.78 is 1.18. The van der Waals surface area contributed by atoms with Crippen LogP contribution in [0.3, 0.4) is 0 Å². The standard InChI is InChI=1S/C17H26BrN/c1-2-11-19-13-16(15-5-3-4-6-15)12-14-7-9-17(18)10-8-14/h7-10,15-16,19H,2-6,11-13H2,1H3. The van der Waals surface area contributed by atoms with Crippen LogP contribution in [0.1, 0.15) is 44.6 Å². The van der Waals surface area contributed by atoms with Crippen LogP contribution < -0.4 is 5.32 Å². The van der Waals surface area contributed by atoms with Gasteiger partial charge in [-0.1, -0.05) is 60.7 Å². The summed E-state index contributed by atoms with van der Waals surface area (Å²) in [6, 6.07) is 8.87. The van der Waals surface area contributed by atoms with Gasteiger partial charge in [-0.2, -0.15) is 0 Å². The molecule has 19 heavy (non-hydrogen) atoms. The van der Waals surface area contributed by atoms with E-state index in [1.165, 1.54) is 55.1 Å². The second-order valence-corrected chi connectivity index (χ2v) is 6.76. The van der Waals surface area contributed by atoms with Gasteiger partial charge in [0, 0.05) is 4.47 Å². The van der Waals surface area contributed by atoms with Crippen molar-refractivity contribution < 1.29 is 0 Å². The fourth-order valence-electron chi connectivity index (χ4n) is 3.22. The normalized spacial score (nSPS) is 17.8. The third kappa shape index (κ3) is 4.92. The van der Waals surface area contributed by atoms with Crippen molar-refractivity contribution >= 4 is 15.9 Å². The average molecular weight is 324 g/mol. The van der Waals surface area contributed by atoms with Crippen LogP contribution in [0.2, 0.25) is 0 Å². The Balaban J connectivity index is 1.93. The summed E-state index contributed by atoms with van der Waals surface area (Å²) in [6.45, 7) is 4.59. The maximum Gasteiger partial charge on any atom is 0.0175 e. The SMILES string of the molecule is CCCNCC(Cc1ccc(Br)cc1)C1CCCC1. The quantitative estimate of drug-likeness (QED) is 0.711. The van der Waals surface area contributed by atoms with E-state index >= 15 is 0 Å². The summed E-state index contributed by atoms with van der Waals surface area (Å²) in [5, 5.41) is 3.63. The monoisotopic (exact) mass is 323 g/mol. The molecule has 1 N–H and O–H groups in total. The molecule has 1 aromatic carbocycles. The fraction of sp³-hybridized carbons (Fsp3) is 0.647. The van der Waals surface area contributed by atoms with Crippen molar-refractivity contribution in [2.75, 3.05) is 13.1 Å². The van der Waals surface area contributed by atoms with Crippen molar-refractivity contribution in [1.82, 2.24) is 5.32 Å². The summed E-state index contributed by atoms with van der Waals surface area (Å²) >= 11 is 3.52. The smallest absolute Gasteiger partial charge is 0.0175 e. The van der Waals surface area contributed by atoms with Crippen molar-refractivity contribution in [3.05, 3.63) is 34.3 Å². The zero-order valence-electron chi connectivity index (χ0n) is 12.0. The van der Waals surface area contributed by atoms with E-state index in [1.54, 1.807) is 0 Å². The Labute approximate surface area is 126 Å². The summed E-state index contributed by atoms with van der Waals surface area (Å²) in [5.41, 5.74) is 1.48. The van der Waals surface area contributed by atoms with Gasteiger partial charge in [0.15, 0.2) is 0 Å². The van der Waals surface area contributed by atoms with Gasteiger partial charge < -0.3 is 5.32 Å². The van der Waals surface area contributed by atoms with Crippen LogP contribution in [-0.2, 0) is 6.42 Å². The molecule has 1 saturated carbocycles. The van der Waals surface area contributed by atoms with Crippen molar-refractivity contribution in [1.29, 1.82) is 0 Å². The van der Waals surface area contributed by atoms with Crippen LogP contribution in [0.4, 0.5) is 0 Å². The number of rotatable bonds is 7. The second-order valence-electron chi connectivity index (χ2n) is 5.84. The lowest BCUT2D eigenvalue weighted by Crippen LogP contribution is -2.29. The molecular formula is C17H26BrN. The van der Waals surface area contributed by atoms with E-state index in [2.05, 4.69) is 52.4 Å². The maximum absolute atomic E-state index is 3.63. The minimum absolute atomic E-state index is 0.815. The lowest BCUT2D eigenvalue weighted by molar-refractivity contribution is 0.321. The molecule has 0 saturated heterocycles. The first-order valence-corrected chi connectivity index (χ1v) is 8.54. The predicted octanol–water partition coefficient (Wildman–Crippen LogP) is 4.80. The lowest BCUT2D eigenvalue weighted by Gasteiger charge is -2.24. The van der Waals surface area contributed by atoms with Crippen LogP contribution in [0.5, 0.6) is 0 Å². The number of hydrogen-bond donors (Lipinski definition) is 1. The molecule has 1 fully saturated rings. The molecule has 1 aromatic rings. The number of halogens is 1. The van der Waals surface area contributed by atoms with E-state index in [0.29, 0.717) is 0 Å². The lowest BCUT2D eigenvalue weighted by atomic mass is 9.85. The minimum atomic E-state index is 0.815. The molecule has 0 aromatic heterocycles. The van der Waals surface area contributed by atoms with E-state index < -0.39 is 0 Å². The molecule has 1 aliphatic carbocycles. The Bertz CT molecular complexity index is 354. The average Bonchev–Trinajstić information content (AvgIpc) is 2.94. The molecule has 0 amide bonds. The highest BCUT2D eigenvalue weighted by Gasteiger charge is 2.24. The van der Waals surface area contributed by atoms with Gasteiger partial charge in [0.05, 0.1) is 0 Å². The van der Waals surface area contributed by atoms with E-state index in [4.69, 9.17) is 0 Å². The molecular weight excluding hydrogens is 298 g/mol. The molecule has 2 rings (SSSR count). The van der Waals surface area contributed by atoms with Gasteiger partial charge in [-0.15, -0.1) is 0 Å². The first kappa shape index (κ1) is 15.1. The number of nitrogens with one attached hydrogen (secondary N) is 1. The first-order valence-electron chi connectivity index (χ1n) is 7.74. The molecule has 0 spiro atoms. The van der Waals surface area contributed by atoms with Gasteiger partial charge >= 0.3 is 0 Å². The van der Waals surface area contributed by atoms with Crippen LogP contribution >= 0.6 is 15.9 Å². The van der Waals surface area contributed by atoms with Gasteiger partial charge in [-0.25, -0.2) is 0 Å². The Kier molecular flexibility index (Phi) is 6.39. The van der Waals surface area contributed by atoms with Gasteiger partial charge in [-0.05, 0) is 55.5 Å². The third-order valence-corrected chi connectivity index (χ3v) is 4.84. The topological polar surface area (TPSA) is 12.0 Å². The molecule has 1 aliphatic rings. The molecule has 0 radical (unpaired) electrons. The van der Waals surface area contributed by atoms with Crippen LogP contribution in [-0.4, -0.2) is 13.1 Å². The first-order chi connectivity index (χ1) is 9.29. The maximum atomic E-state index is 3.63. The molecule has 1 unspecified atom stereocenters. The second kappa shape index (κ2) is 8.06. The van der Waals surface area contributed by atoms with E-state index in [-0.39, 0.29) is 0 Å². The number of hydrogen-bond acceptors (Lipinski definition) is 1. The third-order valence-electron chi connectivity index (χ3n) is 4.31. The van der Waals surface area contributed by atoms with Crippen molar-refractivity contribution in [3.63, 3.8) is 0 Å². The Morgan fingerprint density at radius 1 is 1.21 bits per heavy atom. The van der Waals surface area contributed by atoms with Crippen molar-refractivity contribution in [2.24, 2.45) is 11.8 Å². The Hall–Kier alpha value is -0.340. The molecule has 2 heteroatoms. The highest BCUT2D eigenvalue weighted by molar-refractivity contribution is 9.10. The predicted molar refractivity (Wildman–Crippen MR) is 86.5 cm³/mol. The molecule has 0 bridgehead atoms. The summed E-state index contributed by atoms with van der Waals surface area (Å²) in [7, 11) is 0. The fourth-order valence-corrected chi connectivity index (χ4v) is 3.49. The Morgan fingerprint density at radius 2 is 1.89 bits per heavy atom. The van der Waals surface area contributed by atoms with E-state index in [1.807, 2.05) is 0 Å². The zero-order valence-corrected chi connectivity index (χ0v) is 13.6. The highest BCUT2D eigenvalue weighted by Crippen LogP contribution is 2.33. The molecule has 1 nitrogen and oxygen atoms in total. The van der Waals surface area contributed by atoms with Crippen LogP contribution in [0.25, 0.3) is 0 Å². The highest BCUT2D eigenvalue weighted by atomic mass is 79.9. The van der Waals surface area contributed by atoms with Crippen molar-refractivity contribution in [3.8, 4) is 0 Å². The van der Waals surface area contributed by atoms with Gasteiger partial charge in [-0.3, -0.25) is 0 Å². The van der Waals surface area contributed by atoms with Crippen molar-refractivity contribution in [2.45, 2.75) is 45.4 Å². The van der Waals surface area contributed by atoms with Gasteiger partial charge in [0.25, 0.3) is 0 Å². The summed E-state index contributed by atoms with van der Waals surface area (Å²) in [4.78, 5) is 0. The molecule has 0 heterocycles. The Morgan fingerprint density at radius 3 is 2.53 bits per heavy atom. The van der Waals surface area contributed by atoms with Crippen LogP contribution in [0, 0.1) is 11.8 Å². The zero-order chi connectivity index (χ0) is 13.5. The minimum Gasteiger partial charge on any atom is -0.316 e. The van der Waals surface area contributed by atoms with Gasteiger partial charge in [0.1, 0.15) is 0 Å². The molecule has 1 atom stereocenters. The van der Waals surface area contributed by atoms with E-state index in [9.17, 15) is 0 Å². The summed E-state index contributed by atoms with van der Waals surface area (Å²) in [5.74, 6) is 1.75. The largest absolute Gasteiger partial charge is 0.316 e. The molecule has 106 valence electrons. The van der Waals surface area contributed by atoms with Gasteiger partial charge in [0.2, 0.25) is 0 Å². The summed E-state index contributed by atoms with van der Waals surface area (Å²) in [6.07, 6.45) is 8.22. The van der Waals surface area contributed by atoms with E-state index in [0.717, 1.165) is 18.4 Å². The number of benzene rings is 1. The van der Waals surface area contributed by atoms with Crippen LogP contribution in [0.15, 0.2) is 28.7 Å². The molecule has 0 aliphatic heterocycles.